The topological polar surface area (TPSA) is 35.6 Å². The van der Waals surface area contributed by atoms with Gasteiger partial charge in [0.05, 0.1) is 5.54 Å². The van der Waals surface area contributed by atoms with Gasteiger partial charge in [0.1, 0.15) is 0 Å². The van der Waals surface area contributed by atoms with E-state index in [9.17, 15) is 4.79 Å². The summed E-state index contributed by atoms with van der Waals surface area (Å²) in [6.45, 7) is 12.8. The first-order valence-corrected chi connectivity index (χ1v) is 6.56. The van der Waals surface area contributed by atoms with Crippen molar-refractivity contribution in [2.24, 2.45) is 0 Å². The molecule has 1 aliphatic rings. The molecule has 0 aromatic heterocycles. The molecule has 100 valence electrons. The fraction of sp³-hybridized carbons (Fsp3) is 0.923. The molecule has 0 aromatic rings. The molecule has 1 N–H and O–H groups in total. The van der Waals surface area contributed by atoms with Crippen LogP contribution in [0.3, 0.4) is 0 Å². The molecule has 17 heavy (non-hydrogen) atoms. The van der Waals surface area contributed by atoms with E-state index < -0.39 is 5.54 Å². The predicted molar refractivity (Wildman–Crippen MR) is 71.0 cm³/mol. The minimum absolute atomic E-state index is 0.214. The lowest BCUT2D eigenvalue weighted by atomic mass is 10.0. The van der Waals surface area contributed by atoms with Crippen molar-refractivity contribution in [3.8, 4) is 0 Å². The van der Waals surface area contributed by atoms with Crippen molar-refractivity contribution in [3.63, 3.8) is 0 Å². The number of piperazine rings is 1. The monoisotopic (exact) mass is 241 g/mol. The van der Waals surface area contributed by atoms with Crippen LogP contribution in [-0.2, 0) is 4.79 Å². The molecule has 0 radical (unpaired) electrons. The Morgan fingerprint density at radius 3 is 2.18 bits per heavy atom. The molecule has 1 fully saturated rings. The maximum atomic E-state index is 12.5. The zero-order valence-electron chi connectivity index (χ0n) is 12.1. The normalized spacial score (nSPS) is 27.3. The molecule has 0 aromatic carbocycles. The van der Waals surface area contributed by atoms with Gasteiger partial charge in [-0.3, -0.25) is 9.69 Å². The SMILES string of the molecule is CCNC(C)(C)C(=O)N1CC(C)N(C)C(C)C1. The Labute approximate surface area is 105 Å². The molecular formula is C13H27N3O. The van der Waals surface area contributed by atoms with Crippen LogP contribution in [0.5, 0.6) is 0 Å². The summed E-state index contributed by atoms with van der Waals surface area (Å²) < 4.78 is 0. The highest BCUT2D eigenvalue weighted by Gasteiger charge is 2.36. The standard InChI is InChI=1S/C13H27N3O/c1-7-14-13(4,5)12(17)16-8-10(2)15(6)11(3)9-16/h10-11,14H,7-9H2,1-6H3. The summed E-state index contributed by atoms with van der Waals surface area (Å²) in [4.78, 5) is 16.8. The van der Waals surface area contributed by atoms with Crippen molar-refractivity contribution in [3.05, 3.63) is 0 Å². The number of carbonyl (C=O) groups excluding carboxylic acids is 1. The third-order valence-corrected chi connectivity index (χ3v) is 3.80. The van der Waals surface area contributed by atoms with Crippen LogP contribution in [0, 0.1) is 0 Å². The molecule has 1 rings (SSSR count). The molecule has 1 amide bonds. The van der Waals surface area contributed by atoms with E-state index in [1.165, 1.54) is 0 Å². The molecule has 1 heterocycles. The summed E-state index contributed by atoms with van der Waals surface area (Å²) in [6, 6.07) is 0.861. The summed E-state index contributed by atoms with van der Waals surface area (Å²) >= 11 is 0. The summed E-state index contributed by atoms with van der Waals surface area (Å²) in [5.74, 6) is 0.214. The van der Waals surface area contributed by atoms with Crippen LogP contribution in [0.15, 0.2) is 0 Å². The third kappa shape index (κ3) is 3.19. The molecular weight excluding hydrogens is 214 g/mol. The van der Waals surface area contributed by atoms with Crippen molar-refractivity contribution in [2.45, 2.75) is 52.2 Å². The number of amides is 1. The Morgan fingerprint density at radius 1 is 1.29 bits per heavy atom. The molecule has 4 heteroatoms. The summed E-state index contributed by atoms with van der Waals surface area (Å²) in [5.41, 5.74) is -0.454. The summed E-state index contributed by atoms with van der Waals surface area (Å²) in [5, 5.41) is 3.25. The van der Waals surface area contributed by atoms with Crippen molar-refractivity contribution in [1.29, 1.82) is 0 Å². The lowest BCUT2D eigenvalue weighted by Crippen LogP contribution is -2.62. The van der Waals surface area contributed by atoms with Crippen LogP contribution in [0.2, 0.25) is 0 Å². The van der Waals surface area contributed by atoms with Crippen LogP contribution in [0.1, 0.15) is 34.6 Å². The molecule has 4 nitrogen and oxygen atoms in total. The van der Waals surface area contributed by atoms with Crippen molar-refractivity contribution in [2.75, 3.05) is 26.7 Å². The van der Waals surface area contributed by atoms with Gasteiger partial charge in [0.15, 0.2) is 0 Å². The Morgan fingerprint density at radius 2 is 1.76 bits per heavy atom. The molecule has 0 spiro atoms. The van der Waals surface area contributed by atoms with Crippen LogP contribution in [0.4, 0.5) is 0 Å². The highest BCUT2D eigenvalue weighted by atomic mass is 16.2. The summed E-state index contributed by atoms with van der Waals surface area (Å²) in [6.07, 6.45) is 0. The van der Waals surface area contributed by atoms with E-state index in [0.717, 1.165) is 19.6 Å². The van der Waals surface area contributed by atoms with E-state index >= 15 is 0 Å². The zero-order valence-corrected chi connectivity index (χ0v) is 12.1. The van der Waals surface area contributed by atoms with Crippen LogP contribution in [-0.4, -0.2) is 60.0 Å². The average Bonchev–Trinajstić information content (AvgIpc) is 2.24. The van der Waals surface area contributed by atoms with Gasteiger partial charge >= 0.3 is 0 Å². The Hall–Kier alpha value is -0.610. The van der Waals surface area contributed by atoms with Gasteiger partial charge < -0.3 is 10.2 Å². The first kappa shape index (κ1) is 14.5. The minimum atomic E-state index is -0.454. The van der Waals surface area contributed by atoms with E-state index in [-0.39, 0.29) is 5.91 Å². The van der Waals surface area contributed by atoms with Gasteiger partial charge in [0.25, 0.3) is 0 Å². The van der Waals surface area contributed by atoms with Crippen LogP contribution >= 0.6 is 0 Å². The van der Waals surface area contributed by atoms with Gasteiger partial charge in [-0.1, -0.05) is 6.92 Å². The smallest absolute Gasteiger partial charge is 0.242 e. The zero-order chi connectivity index (χ0) is 13.2. The first-order valence-electron chi connectivity index (χ1n) is 6.56. The number of nitrogens with one attached hydrogen (secondary N) is 1. The second-order valence-electron chi connectivity index (χ2n) is 5.73. The van der Waals surface area contributed by atoms with Gasteiger partial charge in [0, 0.05) is 25.2 Å². The van der Waals surface area contributed by atoms with E-state index in [4.69, 9.17) is 0 Å². The molecule has 0 aliphatic carbocycles. The number of hydrogen-bond acceptors (Lipinski definition) is 3. The molecule has 1 aliphatic heterocycles. The van der Waals surface area contributed by atoms with E-state index in [2.05, 4.69) is 31.1 Å². The highest BCUT2D eigenvalue weighted by Crippen LogP contribution is 2.17. The second kappa shape index (κ2) is 5.36. The Bertz CT molecular complexity index is 266. The van der Waals surface area contributed by atoms with Crippen LogP contribution in [0.25, 0.3) is 0 Å². The number of nitrogens with zero attached hydrogens (tertiary/aromatic N) is 2. The lowest BCUT2D eigenvalue weighted by molar-refractivity contribution is -0.141. The van der Waals surface area contributed by atoms with Gasteiger partial charge in [0.2, 0.25) is 5.91 Å². The van der Waals surface area contributed by atoms with Crippen LogP contribution < -0.4 is 5.32 Å². The maximum absolute atomic E-state index is 12.5. The van der Waals surface area contributed by atoms with Gasteiger partial charge in [-0.05, 0) is 41.3 Å². The van der Waals surface area contributed by atoms with Crippen molar-refractivity contribution >= 4 is 5.91 Å². The molecule has 2 atom stereocenters. The predicted octanol–water partition coefficient (Wildman–Crippen LogP) is 0.926. The number of carbonyl (C=O) groups is 1. The fourth-order valence-electron chi connectivity index (χ4n) is 2.48. The number of hydrogen-bond donors (Lipinski definition) is 1. The quantitative estimate of drug-likeness (QED) is 0.798. The minimum Gasteiger partial charge on any atom is -0.338 e. The number of likely N-dealkylation sites (N-methyl/N-ethyl adjacent to an activating group) is 2. The molecule has 1 saturated heterocycles. The largest absolute Gasteiger partial charge is 0.338 e. The van der Waals surface area contributed by atoms with Crippen molar-refractivity contribution in [1.82, 2.24) is 15.1 Å². The van der Waals surface area contributed by atoms with E-state index in [0.29, 0.717) is 12.1 Å². The van der Waals surface area contributed by atoms with E-state index in [1.54, 1.807) is 0 Å². The first-order chi connectivity index (χ1) is 7.79. The Kier molecular flexibility index (Phi) is 4.55. The van der Waals surface area contributed by atoms with E-state index in [1.807, 2.05) is 25.7 Å². The summed E-state index contributed by atoms with van der Waals surface area (Å²) in [7, 11) is 2.13. The maximum Gasteiger partial charge on any atom is 0.242 e. The highest BCUT2D eigenvalue weighted by molar-refractivity contribution is 5.85. The van der Waals surface area contributed by atoms with Gasteiger partial charge in [-0.2, -0.15) is 0 Å². The molecule has 0 bridgehead atoms. The second-order valence-corrected chi connectivity index (χ2v) is 5.73. The van der Waals surface area contributed by atoms with Crippen molar-refractivity contribution < 1.29 is 4.79 Å². The molecule has 2 unspecified atom stereocenters. The lowest BCUT2D eigenvalue weighted by Gasteiger charge is -2.44. The van der Waals surface area contributed by atoms with Gasteiger partial charge in [-0.15, -0.1) is 0 Å². The molecule has 0 saturated carbocycles. The third-order valence-electron chi connectivity index (χ3n) is 3.80. The number of rotatable bonds is 3. The van der Waals surface area contributed by atoms with Gasteiger partial charge in [-0.25, -0.2) is 0 Å². The Balaban J connectivity index is 2.71. The average molecular weight is 241 g/mol. The fourth-order valence-corrected chi connectivity index (χ4v) is 2.48.